The van der Waals surface area contributed by atoms with Crippen LogP contribution in [0, 0.1) is 5.82 Å². The number of benzene rings is 2. The molecule has 1 atom stereocenters. The number of hydrazine groups is 1. The summed E-state index contributed by atoms with van der Waals surface area (Å²) in [5.41, 5.74) is 7.10. The number of halogens is 2. The van der Waals surface area contributed by atoms with Crippen LogP contribution in [-0.4, -0.2) is 16.8 Å². The predicted molar refractivity (Wildman–Crippen MR) is 109 cm³/mol. The fourth-order valence-electron chi connectivity index (χ4n) is 2.11. The fourth-order valence-corrected chi connectivity index (χ4v) is 3.49. The van der Waals surface area contributed by atoms with E-state index >= 15 is 0 Å². The Morgan fingerprint density at radius 1 is 1.23 bits per heavy atom. The number of thioether (sulfide) groups is 1. The van der Waals surface area contributed by atoms with Gasteiger partial charge in [-0.3, -0.25) is 15.6 Å². The molecule has 0 radical (unpaired) electrons. The van der Waals surface area contributed by atoms with E-state index in [-0.39, 0.29) is 23.5 Å². The van der Waals surface area contributed by atoms with E-state index in [1.54, 1.807) is 6.07 Å². The SMILES string of the molecule is C[C@@H](NC(=S)NNC(=O)CSCc1ccc(F)cc1Cl)c1ccccc1. The monoisotopic (exact) mass is 411 g/mol. The summed E-state index contributed by atoms with van der Waals surface area (Å²) >= 11 is 12.5. The Labute approximate surface area is 166 Å². The summed E-state index contributed by atoms with van der Waals surface area (Å²) in [5, 5.41) is 3.78. The Balaban J connectivity index is 1.67. The number of hydrogen-bond acceptors (Lipinski definition) is 3. The molecule has 1 amide bonds. The molecular formula is C18H19ClFN3OS2. The molecule has 26 heavy (non-hydrogen) atoms. The largest absolute Gasteiger partial charge is 0.355 e. The van der Waals surface area contributed by atoms with Crippen molar-refractivity contribution in [3.05, 3.63) is 70.5 Å². The van der Waals surface area contributed by atoms with Crippen molar-refractivity contribution in [3.8, 4) is 0 Å². The van der Waals surface area contributed by atoms with Crippen LogP contribution in [0.1, 0.15) is 24.1 Å². The predicted octanol–water partition coefficient (Wildman–Crippen LogP) is 3.97. The van der Waals surface area contributed by atoms with Crippen molar-refractivity contribution in [2.24, 2.45) is 0 Å². The van der Waals surface area contributed by atoms with Gasteiger partial charge in [0.15, 0.2) is 5.11 Å². The summed E-state index contributed by atoms with van der Waals surface area (Å²) in [6.07, 6.45) is 0. The number of rotatable bonds is 6. The topological polar surface area (TPSA) is 53.2 Å². The highest BCUT2D eigenvalue weighted by atomic mass is 35.5. The second-order valence-corrected chi connectivity index (χ2v) is 7.31. The molecule has 2 rings (SSSR count). The van der Waals surface area contributed by atoms with Crippen LogP contribution in [0.5, 0.6) is 0 Å². The van der Waals surface area contributed by atoms with Gasteiger partial charge in [0.1, 0.15) is 5.82 Å². The first-order chi connectivity index (χ1) is 12.5. The van der Waals surface area contributed by atoms with Crippen LogP contribution in [0.4, 0.5) is 4.39 Å². The minimum absolute atomic E-state index is 0.0168. The number of carbonyl (C=O) groups is 1. The first-order valence-electron chi connectivity index (χ1n) is 7.87. The summed E-state index contributed by atoms with van der Waals surface area (Å²) in [4.78, 5) is 11.9. The minimum atomic E-state index is -0.378. The van der Waals surface area contributed by atoms with E-state index in [1.807, 2.05) is 37.3 Å². The molecule has 0 spiro atoms. The summed E-state index contributed by atoms with van der Waals surface area (Å²) < 4.78 is 13.0. The van der Waals surface area contributed by atoms with Crippen LogP contribution in [-0.2, 0) is 10.5 Å². The van der Waals surface area contributed by atoms with Crippen molar-refractivity contribution in [3.63, 3.8) is 0 Å². The van der Waals surface area contributed by atoms with E-state index in [0.29, 0.717) is 15.9 Å². The molecule has 0 aliphatic rings. The van der Waals surface area contributed by atoms with Crippen LogP contribution < -0.4 is 16.2 Å². The number of amides is 1. The van der Waals surface area contributed by atoms with E-state index in [0.717, 1.165) is 11.1 Å². The highest BCUT2D eigenvalue weighted by Crippen LogP contribution is 2.22. The van der Waals surface area contributed by atoms with Gasteiger partial charge in [-0.05, 0) is 42.4 Å². The van der Waals surface area contributed by atoms with Gasteiger partial charge < -0.3 is 5.32 Å². The third-order valence-electron chi connectivity index (χ3n) is 3.47. The molecule has 4 nitrogen and oxygen atoms in total. The molecule has 138 valence electrons. The molecule has 0 saturated carbocycles. The Morgan fingerprint density at radius 2 is 1.96 bits per heavy atom. The van der Waals surface area contributed by atoms with E-state index in [1.165, 1.54) is 23.9 Å². The summed E-state index contributed by atoms with van der Waals surface area (Å²) in [6, 6.07) is 14.1. The molecular weight excluding hydrogens is 393 g/mol. The number of nitrogens with one attached hydrogen (secondary N) is 3. The van der Waals surface area contributed by atoms with Crippen molar-refractivity contribution in [2.75, 3.05) is 5.75 Å². The zero-order chi connectivity index (χ0) is 18.9. The molecule has 0 aliphatic heterocycles. The lowest BCUT2D eigenvalue weighted by molar-refractivity contribution is -0.119. The zero-order valence-corrected chi connectivity index (χ0v) is 16.5. The van der Waals surface area contributed by atoms with E-state index in [9.17, 15) is 9.18 Å². The second kappa shape index (κ2) is 10.4. The minimum Gasteiger partial charge on any atom is -0.355 e. The van der Waals surface area contributed by atoms with Crippen LogP contribution in [0.2, 0.25) is 5.02 Å². The highest BCUT2D eigenvalue weighted by Gasteiger charge is 2.08. The third-order valence-corrected chi connectivity index (χ3v) is 5.02. The third kappa shape index (κ3) is 6.82. The van der Waals surface area contributed by atoms with Crippen molar-refractivity contribution in [2.45, 2.75) is 18.7 Å². The zero-order valence-electron chi connectivity index (χ0n) is 14.1. The molecule has 2 aromatic carbocycles. The van der Waals surface area contributed by atoms with Gasteiger partial charge in [0.25, 0.3) is 0 Å². The van der Waals surface area contributed by atoms with Gasteiger partial charge in [0, 0.05) is 10.8 Å². The molecule has 0 aromatic heterocycles. The quantitative estimate of drug-likeness (QED) is 0.496. The highest BCUT2D eigenvalue weighted by molar-refractivity contribution is 7.99. The molecule has 3 N–H and O–H groups in total. The molecule has 0 saturated heterocycles. The maximum atomic E-state index is 13.0. The average Bonchev–Trinajstić information content (AvgIpc) is 2.62. The van der Waals surface area contributed by atoms with Crippen LogP contribution in [0.3, 0.4) is 0 Å². The van der Waals surface area contributed by atoms with Gasteiger partial charge in [-0.2, -0.15) is 0 Å². The van der Waals surface area contributed by atoms with Gasteiger partial charge >= 0.3 is 0 Å². The maximum Gasteiger partial charge on any atom is 0.248 e. The Bertz CT molecular complexity index is 761. The Hall–Kier alpha value is -1.83. The molecule has 0 unspecified atom stereocenters. The van der Waals surface area contributed by atoms with Crippen LogP contribution in [0.15, 0.2) is 48.5 Å². The molecule has 2 aromatic rings. The van der Waals surface area contributed by atoms with E-state index in [4.69, 9.17) is 23.8 Å². The van der Waals surface area contributed by atoms with Gasteiger partial charge in [-0.25, -0.2) is 4.39 Å². The van der Waals surface area contributed by atoms with Gasteiger partial charge in [-0.1, -0.05) is 48.0 Å². The maximum absolute atomic E-state index is 13.0. The van der Waals surface area contributed by atoms with E-state index in [2.05, 4.69) is 16.2 Å². The lowest BCUT2D eigenvalue weighted by atomic mass is 10.1. The number of thiocarbonyl (C=S) groups is 1. The van der Waals surface area contributed by atoms with Gasteiger partial charge in [-0.15, -0.1) is 11.8 Å². The molecule has 0 fully saturated rings. The summed E-state index contributed by atoms with van der Waals surface area (Å²) in [7, 11) is 0. The van der Waals surface area contributed by atoms with Gasteiger partial charge in [0.05, 0.1) is 11.8 Å². The normalized spacial score (nSPS) is 11.5. The van der Waals surface area contributed by atoms with Crippen molar-refractivity contribution >= 4 is 46.6 Å². The molecule has 0 bridgehead atoms. The first kappa shape index (κ1) is 20.5. The summed E-state index contributed by atoms with van der Waals surface area (Å²) in [5.74, 6) is 0.138. The van der Waals surface area contributed by atoms with Crippen LogP contribution in [0.25, 0.3) is 0 Å². The molecule has 0 heterocycles. The molecule has 8 heteroatoms. The smallest absolute Gasteiger partial charge is 0.248 e. The number of carbonyl (C=O) groups excluding carboxylic acids is 1. The molecule has 0 aliphatic carbocycles. The Morgan fingerprint density at radius 3 is 2.65 bits per heavy atom. The lowest BCUT2D eigenvalue weighted by Gasteiger charge is -2.17. The van der Waals surface area contributed by atoms with Crippen molar-refractivity contribution in [1.29, 1.82) is 0 Å². The average molecular weight is 412 g/mol. The standard InChI is InChI=1S/C18H19ClFN3OS2/c1-12(13-5-3-2-4-6-13)21-18(25)23-22-17(24)11-26-10-14-7-8-15(20)9-16(14)19/h2-9,12H,10-11H2,1H3,(H,22,24)(H2,21,23,25)/t12-/m1/s1. The lowest BCUT2D eigenvalue weighted by Crippen LogP contribution is -2.47. The van der Waals surface area contributed by atoms with Crippen molar-refractivity contribution in [1.82, 2.24) is 16.2 Å². The van der Waals surface area contributed by atoms with Gasteiger partial charge in [0.2, 0.25) is 5.91 Å². The van der Waals surface area contributed by atoms with Crippen LogP contribution >= 0.6 is 35.6 Å². The summed E-state index contributed by atoms with van der Waals surface area (Å²) in [6.45, 7) is 1.98. The second-order valence-electron chi connectivity index (χ2n) is 5.51. The Kier molecular flexibility index (Phi) is 8.15. The first-order valence-corrected chi connectivity index (χ1v) is 9.82. The van der Waals surface area contributed by atoms with Crippen molar-refractivity contribution < 1.29 is 9.18 Å². The van der Waals surface area contributed by atoms with E-state index < -0.39 is 0 Å². The fraction of sp³-hybridized carbons (Fsp3) is 0.222. The number of hydrogen-bond donors (Lipinski definition) is 3.